The molecule has 0 bridgehead atoms. The van der Waals surface area contributed by atoms with Crippen LogP contribution in [-0.4, -0.2) is 57.6 Å². The van der Waals surface area contributed by atoms with Crippen molar-refractivity contribution in [3.63, 3.8) is 0 Å². The van der Waals surface area contributed by atoms with Crippen molar-refractivity contribution >= 4 is 0 Å². The first-order valence-electron chi connectivity index (χ1n) is 4.79. The molecule has 5 heteroatoms. The van der Waals surface area contributed by atoms with E-state index in [1.807, 2.05) is 13.8 Å². The van der Waals surface area contributed by atoms with Gasteiger partial charge < -0.3 is 25.2 Å². The second-order valence-electron chi connectivity index (χ2n) is 4.04. The zero-order valence-electron chi connectivity index (χ0n) is 8.37. The van der Waals surface area contributed by atoms with E-state index in [2.05, 4.69) is 0 Å². The highest BCUT2D eigenvalue weighted by molar-refractivity contribution is 4.92. The standard InChI is InChI=1S/C9H18O5/c1-4(2)9-8(13)7(12)6(11)5(3-10)14-9/h4-13H,3H2,1-2H3/t5?,6-,7?,8?,9+/m1/s1. The Kier molecular flexibility index (Phi) is 3.86. The van der Waals surface area contributed by atoms with Crippen molar-refractivity contribution in [1.82, 2.24) is 0 Å². The van der Waals surface area contributed by atoms with Crippen molar-refractivity contribution in [2.24, 2.45) is 5.92 Å². The van der Waals surface area contributed by atoms with Crippen molar-refractivity contribution < 1.29 is 25.2 Å². The average Bonchev–Trinajstić information content (AvgIpc) is 2.14. The maximum absolute atomic E-state index is 9.57. The third kappa shape index (κ3) is 2.07. The summed E-state index contributed by atoms with van der Waals surface area (Å²) in [5, 5.41) is 37.4. The minimum absolute atomic E-state index is 0.0150. The van der Waals surface area contributed by atoms with Gasteiger partial charge in [0.2, 0.25) is 0 Å². The van der Waals surface area contributed by atoms with Crippen LogP contribution in [0.3, 0.4) is 0 Å². The maximum Gasteiger partial charge on any atom is 0.111 e. The van der Waals surface area contributed by atoms with E-state index in [-0.39, 0.29) is 12.5 Å². The molecule has 84 valence electrons. The summed E-state index contributed by atoms with van der Waals surface area (Å²) < 4.78 is 5.28. The fraction of sp³-hybridized carbons (Fsp3) is 1.00. The molecule has 0 aromatic heterocycles. The fourth-order valence-electron chi connectivity index (χ4n) is 1.68. The lowest BCUT2D eigenvalue weighted by atomic mass is 9.90. The van der Waals surface area contributed by atoms with Crippen molar-refractivity contribution in [2.45, 2.75) is 44.4 Å². The SMILES string of the molecule is CC(C)[C@@H]1OC(CO)[C@@H](O)C(O)C1O. The van der Waals surface area contributed by atoms with Gasteiger partial charge in [0, 0.05) is 0 Å². The maximum atomic E-state index is 9.57. The lowest BCUT2D eigenvalue weighted by Crippen LogP contribution is -2.59. The molecular formula is C9H18O5. The molecule has 1 saturated heterocycles. The number of aliphatic hydroxyl groups is 4. The molecule has 1 heterocycles. The van der Waals surface area contributed by atoms with Gasteiger partial charge in [-0.25, -0.2) is 0 Å². The van der Waals surface area contributed by atoms with Crippen molar-refractivity contribution in [1.29, 1.82) is 0 Å². The molecule has 3 unspecified atom stereocenters. The van der Waals surface area contributed by atoms with Crippen LogP contribution in [0.1, 0.15) is 13.8 Å². The average molecular weight is 206 g/mol. The Bertz CT molecular complexity index is 182. The third-order valence-corrected chi connectivity index (χ3v) is 2.59. The number of rotatable bonds is 2. The molecule has 0 radical (unpaired) electrons. The normalized spacial score (nSPS) is 44.4. The number of ether oxygens (including phenoxy) is 1. The summed E-state index contributed by atoms with van der Waals surface area (Å²) in [5.74, 6) is 0.0150. The van der Waals surface area contributed by atoms with Gasteiger partial charge in [-0.1, -0.05) is 13.8 Å². The highest BCUT2D eigenvalue weighted by atomic mass is 16.5. The van der Waals surface area contributed by atoms with E-state index in [1.165, 1.54) is 0 Å². The van der Waals surface area contributed by atoms with Crippen LogP contribution in [0.25, 0.3) is 0 Å². The Morgan fingerprint density at radius 3 is 2.07 bits per heavy atom. The predicted molar refractivity (Wildman–Crippen MR) is 48.6 cm³/mol. The number of aliphatic hydroxyl groups excluding tert-OH is 4. The Hall–Kier alpha value is -0.200. The van der Waals surface area contributed by atoms with Crippen LogP contribution >= 0.6 is 0 Å². The smallest absolute Gasteiger partial charge is 0.111 e. The highest BCUT2D eigenvalue weighted by Crippen LogP contribution is 2.25. The first-order valence-corrected chi connectivity index (χ1v) is 4.79. The molecule has 1 aliphatic heterocycles. The van der Waals surface area contributed by atoms with Crippen molar-refractivity contribution in [2.75, 3.05) is 6.61 Å². The Morgan fingerprint density at radius 1 is 1.07 bits per heavy atom. The van der Waals surface area contributed by atoms with Gasteiger partial charge in [0.25, 0.3) is 0 Å². The van der Waals surface area contributed by atoms with Crippen LogP contribution in [0.4, 0.5) is 0 Å². The number of hydrogen-bond acceptors (Lipinski definition) is 5. The van der Waals surface area contributed by atoms with Crippen LogP contribution in [0.5, 0.6) is 0 Å². The molecule has 5 nitrogen and oxygen atoms in total. The molecule has 0 aromatic rings. The van der Waals surface area contributed by atoms with Gasteiger partial charge in [-0.15, -0.1) is 0 Å². The second-order valence-corrected chi connectivity index (χ2v) is 4.04. The topological polar surface area (TPSA) is 90.2 Å². The molecule has 14 heavy (non-hydrogen) atoms. The Morgan fingerprint density at radius 2 is 1.64 bits per heavy atom. The van der Waals surface area contributed by atoms with Gasteiger partial charge in [-0.3, -0.25) is 0 Å². The summed E-state index contributed by atoms with van der Waals surface area (Å²) in [4.78, 5) is 0. The van der Waals surface area contributed by atoms with Crippen LogP contribution in [0.2, 0.25) is 0 Å². The third-order valence-electron chi connectivity index (χ3n) is 2.59. The molecule has 0 aliphatic carbocycles. The van der Waals surface area contributed by atoms with Gasteiger partial charge in [-0.2, -0.15) is 0 Å². The van der Waals surface area contributed by atoms with Crippen molar-refractivity contribution in [3.8, 4) is 0 Å². The van der Waals surface area contributed by atoms with Gasteiger partial charge in [0.1, 0.15) is 24.4 Å². The van der Waals surface area contributed by atoms with E-state index < -0.39 is 30.5 Å². The van der Waals surface area contributed by atoms with Crippen molar-refractivity contribution in [3.05, 3.63) is 0 Å². The minimum Gasteiger partial charge on any atom is -0.394 e. The molecule has 4 N–H and O–H groups in total. The summed E-state index contributed by atoms with van der Waals surface area (Å²) in [6.45, 7) is 3.31. The first kappa shape index (κ1) is 11.9. The van der Waals surface area contributed by atoms with Crippen LogP contribution in [0.15, 0.2) is 0 Å². The summed E-state index contributed by atoms with van der Waals surface area (Å²) in [6, 6.07) is 0. The number of hydrogen-bond donors (Lipinski definition) is 4. The van der Waals surface area contributed by atoms with E-state index in [0.717, 1.165) is 0 Å². The molecule has 0 aromatic carbocycles. The van der Waals surface area contributed by atoms with Gasteiger partial charge in [0.15, 0.2) is 0 Å². The van der Waals surface area contributed by atoms with E-state index >= 15 is 0 Å². The monoisotopic (exact) mass is 206 g/mol. The molecule has 0 amide bonds. The van der Waals surface area contributed by atoms with Gasteiger partial charge in [-0.05, 0) is 5.92 Å². The van der Waals surface area contributed by atoms with Crippen LogP contribution in [0, 0.1) is 5.92 Å². The molecule has 0 spiro atoms. The molecule has 5 atom stereocenters. The molecule has 1 aliphatic rings. The minimum atomic E-state index is -1.26. The highest BCUT2D eigenvalue weighted by Gasteiger charge is 2.44. The van der Waals surface area contributed by atoms with E-state index in [9.17, 15) is 15.3 Å². The lowest BCUT2D eigenvalue weighted by Gasteiger charge is -2.41. The summed E-state index contributed by atoms with van der Waals surface area (Å²) in [7, 11) is 0. The summed E-state index contributed by atoms with van der Waals surface area (Å²) in [6.07, 6.45) is -4.96. The quantitative estimate of drug-likeness (QED) is 0.441. The zero-order valence-corrected chi connectivity index (χ0v) is 8.37. The van der Waals surface area contributed by atoms with E-state index in [4.69, 9.17) is 9.84 Å². The molecule has 0 saturated carbocycles. The van der Waals surface area contributed by atoms with E-state index in [0.29, 0.717) is 0 Å². The zero-order chi connectivity index (χ0) is 10.9. The molecule has 1 rings (SSSR count). The van der Waals surface area contributed by atoms with Gasteiger partial charge in [0.05, 0.1) is 12.7 Å². The summed E-state index contributed by atoms with van der Waals surface area (Å²) >= 11 is 0. The van der Waals surface area contributed by atoms with Crippen LogP contribution in [-0.2, 0) is 4.74 Å². The lowest BCUT2D eigenvalue weighted by molar-refractivity contribution is -0.238. The predicted octanol–water partition coefficient (Wildman–Crippen LogP) is -1.52. The van der Waals surface area contributed by atoms with Crippen LogP contribution < -0.4 is 0 Å². The molecule has 1 fully saturated rings. The second kappa shape index (κ2) is 4.55. The fourth-order valence-corrected chi connectivity index (χ4v) is 1.68. The Balaban J connectivity index is 2.73. The van der Waals surface area contributed by atoms with Gasteiger partial charge >= 0.3 is 0 Å². The Labute approximate surface area is 82.9 Å². The first-order chi connectivity index (χ1) is 6.49. The molecular weight excluding hydrogens is 188 g/mol. The van der Waals surface area contributed by atoms with E-state index in [1.54, 1.807) is 0 Å². The summed E-state index contributed by atoms with van der Waals surface area (Å²) in [5.41, 5.74) is 0. The largest absolute Gasteiger partial charge is 0.394 e.